The molecule has 1 saturated carbocycles. The van der Waals surface area contributed by atoms with E-state index in [9.17, 15) is 9.59 Å². The third-order valence-corrected chi connectivity index (χ3v) is 7.41. The average Bonchev–Trinajstić information content (AvgIpc) is 2.73. The third kappa shape index (κ3) is 3.73. The molecule has 1 aromatic rings. The predicted octanol–water partition coefficient (Wildman–Crippen LogP) is 1.79. The van der Waals surface area contributed by atoms with Gasteiger partial charge in [-0.1, -0.05) is 0 Å². The Hall–Kier alpha value is -2.12. The molecule has 1 aliphatic carbocycles. The van der Waals surface area contributed by atoms with Gasteiger partial charge in [0.2, 0.25) is 5.91 Å². The summed E-state index contributed by atoms with van der Waals surface area (Å²) in [6.45, 7) is 7.24. The number of hydrogen-bond acceptors (Lipinski definition) is 5. The Kier molecular flexibility index (Phi) is 4.95. The van der Waals surface area contributed by atoms with Gasteiger partial charge in [0.25, 0.3) is 0 Å². The van der Waals surface area contributed by atoms with Gasteiger partial charge in [0.1, 0.15) is 0 Å². The van der Waals surface area contributed by atoms with E-state index in [0.29, 0.717) is 18.4 Å². The molecule has 4 fully saturated rings. The molecule has 156 valence electrons. The summed E-state index contributed by atoms with van der Waals surface area (Å²) in [5.41, 5.74) is 2.71. The SMILES string of the molecule is O=C1CCN(c2ccc(N3CCN(C4CC5(CCNCC5)C4)CC3)cc2)C(=O)N1. The van der Waals surface area contributed by atoms with Crippen LogP contribution in [0.25, 0.3) is 0 Å². The summed E-state index contributed by atoms with van der Waals surface area (Å²) in [7, 11) is 0. The first-order valence-corrected chi connectivity index (χ1v) is 11.0. The Balaban J connectivity index is 1.13. The lowest BCUT2D eigenvalue weighted by atomic mass is 9.60. The lowest BCUT2D eigenvalue weighted by molar-refractivity contribution is -0.120. The molecule has 0 unspecified atom stereocenters. The summed E-state index contributed by atoms with van der Waals surface area (Å²) in [6, 6.07) is 8.64. The zero-order valence-electron chi connectivity index (χ0n) is 17.0. The number of benzene rings is 1. The molecule has 3 amide bonds. The van der Waals surface area contributed by atoms with Gasteiger partial charge in [-0.3, -0.25) is 19.9 Å². The van der Waals surface area contributed by atoms with Gasteiger partial charge in [0.05, 0.1) is 0 Å². The minimum absolute atomic E-state index is 0.196. The number of piperazine rings is 1. The Bertz CT molecular complexity index is 758. The Morgan fingerprint density at radius 1 is 0.862 bits per heavy atom. The van der Waals surface area contributed by atoms with Gasteiger partial charge in [-0.25, -0.2) is 4.79 Å². The van der Waals surface area contributed by atoms with E-state index in [1.165, 1.54) is 44.5 Å². The number of piperidine rings is 1. The third-order valence-electron chi connectivity index (χ3n) is 7.41. The molecule has 3 saturated heterocycles. The van der Waals surface area contributed by atoms with Crippen LogP contribution in [0, 0.1) is 5.41 Å². The first kappa shape index (κ1) is 18.9. The topological polar surface area (TPSA) is 67.9 Å². The van der Waals surface area contributed by atoms with Crippen LogP contribution in [-0.4, -0.2) is 68.7 Å². The normalized spacial score (nSPS) is 25.8. The maximum absolute atomic E-state index is 12.0. The maximum atomic E-state index is 12.0. The van der Waals surface area contributed by atoms with Crippen molar-refractivity contribution in [2.24, 2.45) is 5.41 Å². The van der Waals surface area contributed by atoms with E-state index < -0.39 is 0 Å². The summed E-state index contributed by atoms with van der Waals surface area (Å²) in [6.07, 6.45) is 5.86. The van der Waals surface area contributed by atoms with Gasteiger partial charge in [-0.2, -0.15) is 0 Å². The Morgan fingerprint density at radius 3 is 2.17 bits per heavy atom. The highest BCUT2D eigenvalue weighted by Crippen LogP contribution is 2.50. The number of amides is 3. The molecule has 7 nitrogen and oxygen atoms in total. The van der Waals surface area contributed by atoms with Gasteiger partial charge in [-0.05, 0) is 68.5 Å². The average molecular weight is 398 g/mol. The molecule has 2 N–H and O–H groups in total. The molecular formula is C22H31N5O2. The van der Waals surface area contributed by atoms with E-state index >= 15 is 0 Å². The van der Waals surface area contributed by atoms with Crippen molar-refractivity contribution in [3.63, 3.8) is 0 Å². The fourth-order valence-corrected chi connectivity index (χ4v) is 5.56. The molecule has 0 aromatic heterocycles. The molecule has 29 heavy (non-hydrogen) atoms. The highest BCUT2D eigenvalue weighted by Gasteiger charge is 2.46. The minimum Gasteiger partial charge on any atom is -0.369 e. The van der Waals surface area contributed by atoms with Crippen LogP contribution >= 0.6 is 0 Å². The van der Waals surface area contributed by atoms with Gasteiger partial charge in [0.15, 0.2) is 0 Å². The van der Waals surface area contributed by atoms with E-state index in [1.807, 2.05) is 12.1 Å². The van der Waals surface area contributed by atoms with Gasteiger partial charge in [-0.15, -0.1) is 0 Å². The van der Waals surface area contributed by atoms with Crippen LogP contribution in [0.3, 0.4) is 0 Å². The van der Waals surface area contributed by atoms with Crippen LogP contribution < -0.4 is 20.4 Å². The van der Waals surface area contributed by atoms with E-state index in [4.69, 9.17) is 0 Å². The van der Waals surface area contributed by atoms with Gasteiger partial charge >= 0.3 is 6.03 Å². The number of nitrogens with zero attached hydrogens (tertiary/aromatic N) is 3. The molecule has 3 heterocycles. The number of imide groups is 1. The fraction of sp³-hybridized carbons (Fsp3) is 0.636. The standard InChI is InChI=1S/C22H31N5O2/c28-20-5-10-27(21(29)24-20)18-3-1-17(2-4-18)25-11-13-26(14-12-25)19-15-22(16-19)6-8-23-9-7-22/h1-4,19,23H,5-16H2,(H,24,28,29). The van der Waals surface area contributed by atoms with Crippen molar-refractivity contribution in [2.75, 3.05) is 55.6 Å². The van der Waals surface area contributed by atoms with Crippen LogP contribution in [0.1, 0.15) is 32.1 Å². The van der Waals surface area contributed by atoms with Crippen LogP contribution in [0.5, 0.6) is 0 Å². The molecule has 4 aliphatic rings. The molecule has 5 rings (SSSR count). The Morgan fingerprint density at radius 2 is 1.52 bits per heavy atom. The second-order valence-corrected chi connectivity index (χ2v) is 9.11. The van der Waals surface area contributed by atoms with Gasteiger partial charge in [0, 0.05) is 56.6 Å². The van der Waals surface area contributed by atoms with Crippen molar-refractivity contribution < 1.29 is 9.59 Å². The highest BCUT2D eigenvalue weighted by atomic mass is 16.2. The smallest absolute Gasteiger partial charge is 0.328 e. The zero-order chi connectivity index (χ0) is 19.8. The Labute approximate surface area is 172 Å². The first-order valence-electron chi connectivity index (χ1n) is 11.0. The summed E-state index contributed by atoms with van der Waals surface area (Å²) < 4.78 is 0. The molecule has 0 bridgehead atoms. The quantitative estimate of drug-likeness (QED) is 0.814. The monoisotopic (exact) mass is 397 g/mol. The number of rotatable bonds is 3. The lowest BCUT2D eigenvalue weighted by Crippen LogP contribution is -2.58. The molecule has 1 aromatic carbocycles. The van der Waals surface area contributed by atoms with E-state index in [1.54, 1.807) is 4.90 Å². The number of nitrogens with one attached hydrogen (secondary N) is 2. The molecule has 1 spiro atoms. The van der Waals surface area contributed by atoms with E-state index in [-0.39, 0.29) is 11.9 Å². The largest absolute Gasteiger partial charge is 0.369 e. The highest BCUT2D eigenvalue weighted by molar-refractivity contribution is 6.05. The fourth-order valence-electron chi connectivity index (χ4n) is 5.56. The first-order chi connectivity index (χ1) is 14.1. The van der Waals surface area contributed by atoms with Crippen molar-refractivity contribution in [3.05, 3.63) is 24.3 Å². The van der Waals surface area contributed by atoms with Crippen molar-refractivity contribution >= 4 is 23.3 Å². The summed E-state index contributed by atoms with van der Waals surface area (Å²) >= 11 is 0. The van der Waals surface area contributed by atoms with Crippen LogP contribution in [0.2, 0.25) is 0 Å². The zero-order valence-corrected chi connectivity index (χ0v) is 17.0. The molecule has 0 atom stereocenters. The van der Waals surface area contributed by atoms with Crippen LogP contribution in [-0.2, 0) is 4.79 Å². The predicted molar refractivity (Wildman–Crippen MR) is 113 cm³/mol. The van der Waals surface area contributed by atoms with E-state index in [0.717, 1.165) is 37.9 Å². The maximum Gasteiger partial charge on any atom is 0.328 e. The van der Waals surface area contributed by atoms with Crippen molar-refractivity contribution in [3.8, 4) is 0 Å². The number of hydrogen-bond donors (Lipinski definition) is 2. The molecule has 7 heteroatoms. The molecule has 0 radical (unpaired) electrons. The van der Waals surface area contributed by atoms with Crippen molar-refractivity contribution in [1.29, 1.82) is 0 Å². The number of urea groups is 1. The second-order valence-electron chi connectivity index (χ2n) is 9.11. The van der Waals surface area contributed by atoms with Crippen molar-refractivity contribution in [2.45, 2.75) is 38.1 Å². The lowest BCUT2D eigenvalue weighted by Gasteiger charge is -2.55. The summed E-state index contributed by atoms with van der Waals surface area (Å²) in [5.74, 6) is -0.196. The minimum atomic E-state index is -0.324. The number of carbonyl (C=O) groups is 2. The van der Waals surface area contributed by atoms with Gasteiger partial charge < -0.3 is 10.2 Å². The molecular weight excluding hydrogens is 366 g/mol. The van der Waals surface area contributed by atoms with Crippen LogP contribution in [0.15, 0.2) is 24.3 Å². The van der Waals surface area contributed by atoms with E-state index in [2.05, 4.69) is 32.6 Å². The second kappa shape index (κ2) is 7.61. The van der Waals surface area contributed by atoms with Crippen molar-refractivity contribution in [1.82, 2.24) is 15.5 Å². The summed E-state index contributed by atoms with van der Waals surface area (Å²) in [4.78, 5) is 30.1. The summed E-state index contributed by atoms with van der Waals surface area (Å²) in [5, 5.41) is 5.88. The number of anilines is 2. The molecule has 3 aliphatic heterocycles. The van der Waals surface area contributed by atoms with Crippen LogP contribution in [0.4, 0.5) is 16.2 Å². The number of carbonyl (C=O) groups excluding carboxylic acids is 2.